The number of halogens is 1. The number of amides is 1. The van der Waals surface area contributed by atoms with E-state index in [9.17, 15) is 17.6 Å². The summed E-state index contributed by atoms with van der Waals surface area (Å²) in [4.78, 5) is 12.6. The predicted molar refractivity (Wildman–Crippen MR) is 117 cm³/mol. The Kier molecular flexibility index (Phi) is 6.40. The van der Waals surface area contributed by atoms with Gasteiger partial charge in [-0.3, -0.25) is 4.79 Å². The van der Waals surface area contributed by atoms with Crippen LogP contribution in [-0.4, -0.2) is 41.9 Å². The normalized spacial score (nSPS) is 15.6. The van der Waals surface area contributed by atoms with Crippen LogP contribution in [0.15, 0.2) is 54.6 Å². The fourth-order valence-electron chi connectivity index (χ4n) is 3.48. The maximum Gasteiger partial charge on any atom is 0.229 e. The number of carbonyl (C=O) groups is 1. The van der Waals surface area contributed by atoms with Gasteiger partial charge in [-0.05, 0) is 18.9 Å². The quantitative estimate of drug-likeness (QED) is 0.608. The Balaban J connectivity index is 1.33. The Bertz CT molecular complexity index is 1160. The Morgan fingerprint density at radius 2 is 1.74 bits per heavy atom. The van der Waals surface area contributed by atoms with Gasteiger partial charge in [-0.25, -0.2) is 17.1 Å². The molecule has 0 bridgehead atoms. The molecule has 162 valence electrons. The molecule has 1 amide bonds. The fraction of sp³-hybridized carbons (Fsp3) is 0.286. The van der Waals surface area contributed by atoms with Crippen LogP contribution in [0.4, 0.5) is 9.52 Å². The van der Waals surface area contributed by atoms with Gasteiger partial charge in [0, 0.05) is 30.1 Å². The lowest BCUT2D eigenvalue weighted by Gasteiger charge is -2.30. The minimum Gasteiger partial charge on any atom is -0.300 e. The number of hydrogen-bond acceptors (Lipinski definition) is 6. The number of piperidine rings is 1. The molecule has 0 atom stereocenters. The monoisotopic (exact) mass is 460 g/mol. The molecular formula is C21H21FN4O3S2. The van der Waals surface area contributed by atoms with Crippen LogP contribution < -0.4 is 5.32 Å². The van der Waals surface area contributed by atoms with E-state index in [0.717, 1.165) is 5.56 Å². The van der Waals surface area contributed by atoms with Gasteiger partial charge in [0.2, 0.25) is 21.1 Å². The topological polar surface area (TPSA) is 92.3 Å². The summed E-state index contributed by atoms with van der Waals surface area (Å²) >= 11 is 1.29. The van der Waals surface area contributed by atoms with Gasteiger partial charge in [-0.1, -0.05) is 59.9 Å². The molecule has 0 saturated carbocycles. The highest BCUT2D eigenvalue weighted by Gasteiger charge is 2.32. The standard InChI is InChI=1S/C21H21FN4O3S2/c22-18-9-5-4-8-17(18)14-31(28,29)26-12-10-15(11-13-26)19(27)23-21-25-24-20(30-21)16-6-2-1-3-7-16/h1-9,15H,10-14H2,(H,23,25,27). The number of hydrogen-bond donors (Lipinski definition) is 1. The lowest BCUT2D eigenvalue weighted by Crippen LogP contribution is -2.42. The zero-order chi connectivity index (χ0) is 21.8. The number of benzene rings is 2. The highest BCUT2D eigenvalue weighted by Crippen LogP contribution is 2.28. The van der Waals surface area contributed by atoms with Crippen molar-refractivity contribution in [1.29, 1.82) is 0 Å². The van der Waals surface area contributed by atoms with Gasteiger partial charge in [-0.2, -0.15) is 0 Å². The molecule has 31 heavy (non-hydrogen) atoms. The first-order valence-electron chi connectivity index (χ1n) is 9.83. The van der Waals surface area contributed by atoms with E-state index in [-0.39, 0.29) is 36.2 Å². The van der Waals surface area contributed by atoms with Crippen molar-refractivity contribution in [2.45, 2.75) is 18.6 Å². The number of nitrogens with one attached hydrogen (secondary N) is 1. The molecular weight excluding hydrogens is 439 g/mol. The number of sulfonamides is 1. The average molecular weight is 461 g/mol. The van der Waals surface area contributed by atoms with Crippen LogP contribution in [0.5, 0.6) is 0 Å². The second-order valence-corrected chi connectivity index (χ2v) is 10.2. The molecule has 7 nitrogen and oxygen atoms in total. The van der Waals surface area contributed by atoms with Crippen LogP contribution in [-0.2, 0) is 20.6 Å². The van der Waals surface area contributed by atoms with E-state index in [2.05, 4.69) is 15.5 Å². The second kappa shape index (κ2) is 9.21. The van der Waals surface area contributed by atoms with E-state index in [4.69, 9.17) is 0 Å². The third-order valence-electron chi connectivity index (χ3n) is 5.19. The Morgan fingerprint density at radius 1 is 1.06 bits per heavy atom. The maximum atomic E-state index is 13.8. The van der Waals surface area contributed by atoms with Gasteiger partial charge in [0.15, 0.2) is 0 Å². The fourth-order valence-corrected chi connectivity index (χ4v) is 5.81. The van der Waals surface area contributed by atoms with E-state index in [1.165, 1.54) is 33.8 Å². The maximum absolute atomic E-state index is 13.8. The molecule has 2 heterocycles. The van der Waals surface area contributed by atoms with Crippen molar-refractivity contribution in [1.82, 2.24) is 14.5 Å². The summed E-state index contributed by atoms with van der Waals surface area (Å²) in [5, 5.41) is 12.1. The van der Waals surface area contributed by atoms with Crippen molar-refractivity contribution in [3.05, 3.63) is 66.0 Å². The van der Waals surface area contributed by atoms with Crippen LogP contribution in [0.3, 0.4) is 0 Å². The van der Waals surface area contributed by atoms with Crippen LogP contribution in [0.25, 0.3) is 10.6 Å². The summed E-state index contributed by atoms with van der Waals surface area (Å²) in [6, 6.07) is 15.4. The van der Waals surface area contributed by atoms with Crippen molar-refractivity contribution in [3.63, 3.8) is 0 Å². The highest BCUT2D eigenvalue weighted by atomic mass is 32.2. The Hall–Kier alpha value is -2.69. The SMILES string of the molecule is O=C(Nc1nnc(-c2ccccc2)s1)C1CCN(S(=O)(=O)Cc2ccccc2F)CC1. The zero-order valence-corrected chi connectivity index (χ0v) is 18.2. The molecule has 0 radical (unpaired) electrons. The molecule has 0 aliphatic carbocycles. The first-order valence-corrected chi connectivity index (χ1v) is 12.3. The van der Waals surface area contributed by atoms with Crippen LogP contribution in [0.2, 0.25) is 0 Å². The lowest BCUT2D eigenvalue weighted by atomic mass is 9.97. The smallest absolute Gasteiger partial charge is 0.229 e. The van der Waals surface area contributed by atoms with Crippen LogP contribution in [0.1, 0.15) is 18.4 Å². The minimum atomic E-state index is -3.65. The molecule has 1 saturated heterocycles. The van der Waals surface area contributed by atoms with E-state index in [1.807, 2.05) is 30.3 Å². The third-order valence-corrected chi connectivity index (χ3v) is 7.91. The van der Waals surface area contributed by atoms with Crippen LogP contribution in [0, 0.1) is 11.7 Å². The Labute approximate surface area is 184 Å². The number of anilines is 1. The summed E-state index contributed by atoms with van der Waals surface area (Å²) < 4.78 is 40.5. The predicted octanol–water partition coefficient (Wildman–Crippen LogP) is 3.52. The van der Waals surface area contributed by atoms with Crippen molar-refractivity contribution >= 4 is 32.4 Å². The van der Waals surface area contributed by atoms with Crippen molar-refractivity contribution in [2.24, 2.45) is 5.92 Å². The third kappa shape index (κ3) is 5.15. The summed E-state index contributed by atoms with van der Waals surface area (Å²) in [6.45, 7) is 0.445. The molecule has 1 aromatic heterocycles. The van der Waals surface area contributed by atoms with Gasteiger partial charge >= 0.3 is 0 Å². The van der Waals surface area contributed by atoms with E-state index < -0.39 is 15.8 Å². The van der Waals surface area contributed by atoms with Crippen molar-refractivity contribution in [3.8, 4) is 10.6 Å². The summed E-state index contributed by atoms with van der Waals surface area (Å²) in [7, 11) is -3.65. The van der Waals surface area contributed by atoms with Gasteiger partial charge in [0.05, 0.1) is 5.75 Å². The molecule has 1 N–H and O–H groups in total. The number of nitrogens with zero attached hydrogens (tertiary/aromatic N) is 3. The summed E-state index contributed by atoms with van der Waals surface area (Å²) in [5.41, 5.74) is 1.07. The van der Waals surface area contributed by atoms with Gasteiger partial charge < -0.3 is 5.32 Å². The molecule has 3 aromatic rings. The molecule has 4 rings (SSSR count). The summed E-state index contributed by atoms with van der Waals surface area (Å²) in [5.74, 6) is -1.43. The lowest BCUT2D eigenvalue weighted by molar-refractivity contribution is -0.120. The van der Waals surface area contributed by atoms with Crippen molar-refractivity contribution in [2.75, 3.05) is 18.4 Å². The number of aromatic nitrogens is 2. The molecule has 10 heteroatoms. The van der Waals surface area contributed by atoms with Crippen LogP contribution >= 0.6 is 11.3 Å². The number of carbonyl (C=O) groups excluding carboxylic acids is 1. The first kappa shape index (κ1) is 21.5. The first-order chi connectivity index (χ1) is 14.9. The molecule has 1 aliphatic heterocycles. The molecule has 1 aliphatic rings. The molecule has 0 unspecified atom stereocenters. The number of rotatable bonds is 6. The zero-order valence-electron chi connectivity index (χ0n) is 16.6. The summed E-state index contributed by atoms with van der Waals surface area (Å²) in [6.07, 6.45) is 0.791. The van der Waals surface area contributed by atoms with Gasteiger partial charge in [0.1, 0.15) is 10.8 Å². The van der Waals surface area contributed by atoms with Gasteiger partial charge in [0.25, 0.3) is 0 Å². The molecule has 0 spiro atoms. The van der Waals surface area contributed by atoms with E-state index >= 15 is 0 Å². The second-order valence-electron chi connectivity index (χ2n) is 7.29. The molecule has 1 fully saturated rings. The minimum absolute atomic E-state index is 0.146. The van der Waals surface area contributed by atoms with E-state index in [1.54, 1.807) is 6.07 Å². The van der Waals surface area contributed by atoms with Gasteiger partial charge in [-0.15, -0.1) is 10.2 Å². The van der Waals surface area contributed by atoms with Crippen molar-refractivity contribution < 1.29 is 17.6 Å². The van der Waals surface area contributed by atoms with E-state index in [0.29, 0.717) is 23.0 Å². The Morgan fingerprint density at radius 3 is 2.45 bits per heavy atom. The highest BCUT2D eigenvalue weighted by molar-refractivity contribution is 7.88. The average Bonchev–Trinajstić information content (AvgIpc) is 3.24. The largest absolute Gasteiger partial charge is 0.300 e. The molecule has 2 aromatic carbocycles.